The van der Waals surface area contributed by atoms with Crippen molar-refractivity contribution in [1.29, 1.82) is 0 Å². The highest BCUT2D eigenvalue weighted by atomic mass is 79.9. The molecule has 0 fully saturated rings. The van der Waals surface area contributed by atoms with Crippen molar-refractivity contribution >= 4 is 27.5 Å². The molecule has 0 heterocycles. The maximum atomic E-state index is 13.3. The summed E-state index contributed by atoms with van der Waals surface area (Å²) in [6, 6.07) is 13.3. The lowest BCUT2D eigenvalue weighted by molar-refractivity contribution is 0.520. The fourth-order valence-electron chi connectivity index (χ4n) is 2.39. The van der Waals surface area contributed by atoms with Gasteiger partial charge in [-0.15, -0.1) is 0 Å². The second-order valence-electron chi connectivity index (χ2n) is 5.00. The molecule has 0 aliphatic rings. The summed E-state index contributed by atoms with van der Waals surface area (Å²) in [5, 5.41) is 4.27. The largest absolute Gasteiger partial charge is 0.314 e. The summed E-state index contributed by atoms with van der Waals surface area (Å²) in [6.45, 7) is 2.97. The van der Waals surface area contributed by atoms with Gasteiger partial charge < -0.3 is 5.32 Å². The van der Waals surface area contributed by atoms with Crippen LogP contribution in [0, 0.1) is 5.82 Å². The number of benzene rings is 2. The molecule has 0 aliphatic carbocycles. The predicted octanol–water partition coefficient (Wildman–Crippen LogP) is 5.00. The Hall–Kier alpha value is -0.900. The second-order valence-corrected chi connectivity index (χ2v) is 6.26. The molecule has 21 heavy (non-hydrogen) atoms. The molecule has 4 heteroatoms. The molecule has 2 rings (SSSR count). The molecule has 2 aromatic rings. The highest BCUT2D eigenvalue weighted by molar-refractivity contribution is 9.10. The fourth-order valence-corrected chi connectivity index (χ4v) is 3.02. The minimum Gasteiger partial charge on any atom is -0.314 e. The Morgan fingerprint density at radius 1 is 1.19 bits per heavy atom. The summed E-state index contributed by atoms with van der Waals surface area (Å²) in [5.74, 6) is -0.232. The highest BCUT2D eigenvalue weighted by Gasteiger charge is 2.12. The summed E-state index contributed by atoms with van der Waals surface area (Å²) < 4.78 is 13.8. The van der Waals surface area contributed by atoms with Gasteiger partial charge in [-0.1, -0.05) is 42.8 Å². The average Bonchev–Trinajstić information content (AvgIpc) is 2.46. The molecule has 1 nitrogen and oxygen atoms in total. The van der Waals surface area contributed by atoms with E-state index in [4.69, 9.17) is 11.6 Å². The number of hydrogen-bond donors (Lipinski definition) is 1. The molecule has 112 valence electrons. The Morgan fingerprint density at radius 2 is 1.95 bits per heavy atom. The number of likely N-dealkylation sites (N-methyl/N-ethyl adjacent to an activating group) is 1. The van der Waals surface area contributed by atoms with E-state index in [2.05, 4.69) is 28.2 Å². The maximum absolute atomic E-state index is 13.3. The molecule has 2 aromatic carbocycles. The van der Waals surface area contributed by atoms with Gasteiger partial charge in [-0.05, 0) is 64.6 Å². The lowest BCUT2D eigenvalue weighted by Gasteiger charge is -2.19. The maximum Gasteiger partial charge on any atom is 0.137 e. The second kappa shape index (κ2) is 7.92. The van der Waals surface area contributed by atoms with Gasteiger partial charge in [-0.2, -0.15) is 0 Å². The van der Waals surface area contributed by atoms with Crippen LogP contribution in [-0.4, -0.2) is 12.6 Å². The third-order valence-corrected chi connectivity index (χ3v) is 4.36. The smallest absolute Gasteiger partial charge is 0.137 e. The van der Waals surface area contributed by atoms with E-state index in [1.807, 2.05) is 36.4 Å². The monoisotopic (exact) mass is 369 g/mol. The first-order valence-electron chi connectivity index (χ1n) is 7.01. The molecule has 1 N–H and O–H groups in total. The molecule has 0 amide bonds. The van der Waals surface area contributed by atoms with Gasteiger partial charge in [0.25, 0.3) is 0 Å². The third kappa shape index (κ3) is 4.80. The Labute approximate surface area is 138 Å². The van der Waals surface area contributed by atoms with Crippen LogP contribution in [0.15, 0.2) is 46.9 Å². The van der Waals surface area contributed by atoms with Crippen LogP contribution in [0.3, 0.4) is 0 Å². The van der Waals surface area contributed by atoms with Crippen LogP contribution in [0.25, 0.3) is 0 Å². The van der Waals surface area contributed by atoms with Crippen LogP contribution in [0.2, 0.25) is 5.02 Å². The van der Waals surface area contributed by atoms with Gasteiger partial charge in [0, 0.05) is 11.1 Å². The minimum atomic E-state index is -0.232. The molecular weight excluding hydrogens is 353 g/mol. The van der Waals surface area contributed by atoms with Crippen LogP contribution in [0.5, 0.6) is 0 Å². The predicted molar refractivity (Wildman–Crippen MR) is 90.4 cm³/mol. The summed E-state index contributed by atoms with van der Waals surface area (Å²) in [5.41, 5.74) is 2.23. The van der Waals surface area contributed by atoms with Crippen molar-refractivity contribution in [3.05, 3.63) is 68.9 Å². The van der Waals surface area contributed by atoms with Gasteiger partial charge >= 0.3 is 0 Å². The molecule has 0 aromatic heterocycles. The van der Waals surface area contributed by atoms with E-state index in [9.17, 15) is 4.39 Å². The molecule has 0 aliphatic heterocycles. The van der Waals surface area contributed by atoms with Gasteiger partial charge in [-0.3, -0.25) is 0 Å². The SMILES string of the molecule is CCNC(Cc1ccc(F)c(Br)c1)Cc1ccccc1Cl. The molecule has 0 saturated carbocycles. The van der Waals surface area contributed by atoms with Crippen molar-refractivity contribution < 1.29 is 4.39 Å². The van der Waals surface area contributed by atoms with Gasteiger partial charge in [0.15, 0.2) is 0 Å². The highest BCUT2D eigenvalue weighted by Crippen LogP contribution is 2.21. The third-order valence-electron chi connectivity index (χ3n) is 3.38. The van der Waals surface area contributed by atoms with Gasteiger partial charge in [0.1, 0.15) is 5.82 Å². The zero-order valence-corrected chi connectivity index (χ0v) is 14.2. The van der Waals surface area contributed by atoms with Gasteiger partial charge in [0.05, 0.1) is 4.47 Å². The molecule has 1 atom stereocenters. The first-order valence-corrected chi connectivity index (χ1v) is 8.18. The van der Waals surface area contributed by atoms with Gasteiger partial charge in [-0.25, -0.2) is 4.39 Å². The van der Waals surface area contributed by atoms with Crippen molar-refractivity contribution in [1.82, 2.24) is 5.32 Å². The fraction of sp³-hybridized carbons (Fsp3) is 0.294. The number of nitrogens with one attached hydrogen (secondary N) is 1. The van der Waals surface area contributed by atoms with E-state index in [0.717, 1.165) is 35.5 Å². The Balaban J connectivity index is 2.11. The number of rotatable bonds is 6. The zero-order valence-electron chi connectivity index (χ0n) is 11.9. The van der Waals surface area contributed by atoms with Crippen LogP contribution in [-0.2, 0) is 12.8 Å². The Morgan fingerprint density at radius 3 is 2.62 bits per heavy atom. The van der Waals surface area contributed by atoms with Crippen molar-refractivity contribution in [2.24, 2.45) is 0 Å². The van der Waals surface area contributed by atoms with E-state index in [-0.39, 0.29) is 11.9 Å². The van der Waals surface area contributed by atoms with E-state index in [1.165, 1.54) is 6.07 Å². The normalized spacial score (nSPS) is 12.4. The van der Waals surface area contributed by atoms with Crippen LogP contribution < -0.4 is 5.32 Å². The Kier molecular flexibility index (Phi) is 6.22. The molecule has 0 bridgehead atoms. The van der Waals surface area contributed by atoms with E-state index >= 15 is 0 Å². The van der Waals surface area contributed by atoms with Gasteiger partial charge in [0.2, 0.25) is 0 Å². The van der Waals surface area contributed by atoms with E-state index in [1.54, 1.807) is 0 Å². The quantitative estimate of drug-likeness (QED) is 0.754. The first kappa shape index (κ1) is 16.5. The minimum absolute atomic E-state index is 0.232. The van der Waals surface area contributed by atoms with Crippen molar-refractivity contribution in [3.8, 4) is 0 Å². The van der Waals surface area contributed by atoms with E-state index in [0.29, 0.717) is 4.47 Å². The number of halogens is 3. The zero-order chi connectivity index (χ0) is 15.2. The molecule has 0 radical (unpaired) electrons. The number of hydrogen-bond acceptors (Lipinski definition) is 1. The lowest BCUT2D eigenvalue weighted by atomic mass is 9.99. The summed E-state index contributed by atoms with van der Waals surface area (Å²) in [7, 11) is 0. The van der Waals surface area contributed by atoms with E-state index < -0.39 is 0 Å². The molecular formula is C17H18BrClFN. The Bertz CT molecular complexity index is 603. The lowest BCUT2D eigenvalue weighted by Crippen LogP contribution is -2.33. The van der Waals surface area contributed by atoms with Crippen LogP contribution >= 0.6 is 27.5 Å². The summed E-state index contributed by atoms with van der Waals surface area (Å²) >= 11 is 9.47. The van der Waals surface area contributed by atoms with Crippen LogP contribution in [0.4, 0.5) is 4.39 Å². The molecule has 0 saturated heterocycles. The average molecular weight is 371 g/mol. The van der Waals surface area contributed by atoms with Crippen LogP contribution in [0.1, 0.15) is 18.1 Å². The summed E-state index contributed by atoms with van der Waals surface area (Å²) in [4.78, 5) is 0. The summed E-state index contributed by atoms with van der Waals surface area (Å²) in [6.07, 6.45) is 1.68. The molecule has 0 spiro atoms. The van der Waals surface area contributed by atoms with Crippen molar-refractivity contribution in [3.63, 3.8) is 0 Å². The topological polar surface area (TPSA) is 12.0 Å². The van der Waals surface area contributed by atoms with Crippen molar-refractivity contribution in [2.75, 3.05) is 6.54 Å². The standard InChI is InChI=1S/C17H18BrClFN/c1-2-21-14(11-13-5-3-4-6-16(13)19)9-12-7-8-17(20)15(18)10-12/h3-8,10,14,21H,2,9,11H2,1H3. The first-order chi connectivity index (χ1) is 10.1. The molecule has 1 unspecified atom stereocenters. The van der Waals surface area contributed by atoms with Crippen molar-refractivity contribution in [2.45, 2.75) is 25.8 Å².